The molecular formula is C12H9F2NO3. The molecular weight excluding hydrogens is 244 g/mol. The molecule has 0 saturated carbocycles. The summed E-state index contributed by atoms with van der Waals surface area (Å²) >= 11 is 0. The number of imide groups is 1. The molecule has 94 valence electrons. The first-order valence-corrected chi connectivity index (χ1v) is 5.20. The van der Waals surface area contributed by atoms with Gasteiger partial charge in [0, 0.05) is 11.6 Å². The van der Waals surface area contributed by atoms with E-state index in [1.54, 1.807) is 0 Å². The van der Waals surface area contributed by atoms with Gasteiger partial charge in [0.2, 0.25) is 0 Å². The number of ether oxygens (including phenoxy) is 1. The molecule has 1 aromatic carbocycles. The van der Waals surface area contributed by atoms with Crippen molar-refractivity contribution in [2.75, 3.05) is 13.2 Å². The molecule has 2 rings (SSSR count). The fourth-order valence-corrected chi connectivity index (χ4v) is 1.51. The molecule has 0 spiro atoms. The molecule has 6 heteroatoms. The highest BCUT2D eigenvalue weighted by Crippen LogP contribution is 2.14. The predicted octanol–water partition coefficient (Wildman–Crippen LogP) is 1.96. The Hall–Kier alpha value is -2.24. The normalized spacial score (nSPS) is 15.2. The molecule has 0 radical (unpaired) electrons. The number of benzene rings is 1. The van der Waals surface area contributed by atoms with E-state index >= 15 is 0 Å². The zero-order chi connectivity index (χ0) is 13.1. The third kappa shape index (κ3) is 2.37. The van der Waals surface area contributed by atoms with Crippen LogP contribution in [-0.2, 0) is 9.53 Å². The molecule has 1 heterocycles. The number of cyclic esters (lactones) is 1. The van der Waals surface area contributed by atoms with Crippen LogP contribution in [0.5, 0.6) is 0 Å². The monoisotopic (exact) mass is 253 g/mol. The fraction of sp³-hybridized carbons (Fsp3) is 0.167. The lowest BCUT2D eigenvalue weighted by Gasteiger charge is -2.06. The van der Waals surface area contributed by atoms with Crippen molar-refractivity contribution in [2.24, 2.45) is 0 Å². The summed E-state index contributed by atoms with van der Waals surface area (Å²) < 4.78 is 31.1. The van der Waals surface area contributed by atoms with Gasteiger partial charge in [-0.3, -0.25) is 4.79 Å². The second-order valence-electron chi connectivity index (χ2n) is 3.57. The van der Waals surface area contributed by atoms with Gasteiger partial charge in [0.05, 0.1) is 6.54 Å². The zero-order valence-corrected chi connectivity index (χ0v) is 9.23. The Bertz CT molecular complexity index is 508. The minimum Gasteiger partial charge on any atom is -0.447 e. The molecule has 1 saturated heterocycles. The third-order valence-corrected chi connectivity index (χ3v) is 2.42. The molecule has 18 heavy (non-hydrogen) atoms. The number of halogens is 2. The lowest BCUT2D eigenvalue weighted by molar-refractivity contribution is -0.122. The van der Waals surface area contributed by atoms with Crippen LogP contribution in [0.3, 0.4) is 0 Å². The first-order valence-electron chi connectivity index (χ1n) is 5.20. The number of hydrogen-bond acceptors (Lipinski definition) is 3. The number of nitrogens with zero attached hydrogens (tertiary/aromatic N) is 1. The maximum Gasteiger partial charge on any atom is 0.416 e. The summed E-state index contributed by atoms with van der Waals surface area (Å²) in [7, 11) is 0. The van der Waals surface area contributed by atoms with Crippen LogP contribution in [0.25, 0.3) is 6.08 Å². The number of carbonyl (C=O) groups is 2. The van der Waals surface area contributed by atoms with Crippen molar-refractivity contribution < 1.29 is 23.1 Å². The van der Waals surface area contributed by atoms with E-state index in [0.717, 1.165) is 29.2 Å². The molecule has 0 atom stereocenters. The highest BCUT2D eigenvalue weighted by atomic mass is 19.1. The van der Waals surface area contributed by atoms with Crippen LogP contribution in [0.4, 0.5) is 13.6 Å². The molecule has 1 aliphatic heterocycles. The van der Waals surface area contributed by atoms with E-state index in [-0.39, 0.29) is 18.7 Å². The molecule has 1 fully saturated rings. The zero-order valence-electron chi connectivity index (χ0n) is 9.23. The van der Waals surface area contributed by atoms with Crippen LogP contribution in [0.2, 0.25) is 0 Å². The van der Waals surface area contributed by atoms with Crippen molar-refractivity contribution in [3.8, 4) is 0 Å². The third-order valence-electron chi connectivity index (χ3n) is 2.42. The van der Waals surface area contributed by atoms with Gasteiger partial charge in [-0.25, -0.2) is 18.5 Å². The van der Waals surface area contributed by atoms with Crippen LogP contribution < -0.4 is 0 Å². The summed E-state index contributed by atoms with van der Waals surface area (Å²) in [6.45, 7) is 0.272. The molecule has 0 aliphatic carbocycles. The maximum atomic E-state index is 13.2. The molecule has 1 aliphatic rings. The van der Waals surface area contributed by atoms with Gasteiger partial charge in [0.1, 0.15) is 18.2 Å². The van der Waals surface area contributed by atoms with Crippen LogP contribution >= 0.6 is 0 Å². The van der Waals surface area contributed by atoms with E-state index in [0.29, 0.717) is 0 Å². The van der Waals surface area contributed by atoms with E-state index in [1.165, 1.54) is 6.07 Å². The number of amides is 2. The van der Waals surface area contributed by atoms with Gasteiger partial charge in [-0.05, 0) is 18.2 Å². The smallest absolute Gasteiger partial charge is 0.416 e. The van der Waals surface area contributed by atoms with Crippen molar-refractivity contribution in [1.29, 1.82) is 0 Å². The Balaban J connectivity index is 2.16. The van der Waals surface area contributed by atoms with Crippen molar-refractivity contribution in [3.05, 3.63) is 41.5 Å². The van der Waals surface area contributed by atoms with Crippen molar-refractivity contribution in [3.63, 3.8) is 0 Å². The van der Waals surface area contributed by atoms with Crippen LogP contribution in [0.1, 0.15) is 5.56 Å². The number of carbonyl (C=O) groups excluding carboxylic acids is 2. The van der Waals surface area contributed by atoms with E-state index in [4.69, 9.17) is 0 Å². The van der Waals surface area contributed by atoms with Crippen LogP contribution in [0.15, 0.2) is 24.3 Å². The summed E-state index contributed by atoms with van der Waals surface area (Å²) in [6.07, 6.45) is 1.19. The summed E-state index contributed by atoms with van der Waals surface area (Å²) in [5.41, 5.74) is -0.321. The summed E-state index contributed by atoms with van der Waals surface area (Å²) in [5, 5.41) is 0. The molecule has 0 unspecified atom stereocenters. The Kier molecular flexibility index (Phi) is 3.36. The van der Waals surface area contributed by atoms with E-state index in [1.807, 2.05) is 0 Å². The van der Waals surface area contributed by atoms with Crippen molar-refractivity contribution in [1.82, 2.24) is 4.90 Å². The molecule has 1 aromatic rings. The van der Waals surface area contributed by atoms with Crippen molar-refractivity contribution >= 4 is 18.1 Å². The lowest BCUT2D eigenvalue weighted by Crippen LogP contribution is -2.29. The van der Waals surface area contributed by atoms with Gasteiger partial charge in [0.25, 0.3) is 5.91 Å². The van der Waals surface area contributed by atoms with Crippen LogP contribution in [0, 0.1) is 11.6 Å². The topological polar surface area (TPSA) is 46.6 Å². The van der Waals surface area contributed by atoms with E-state index in [2.05, 4.69) is 4.74 Å². The average Bonchev–Trinajstić information content (AvgIpc) is 2.74. The Morgan fingerprint density at radius 1 is 1.33 bits per heavy atom. The number of hydrogen-bond donors (Lipinski definition) is 0. The summed E-state index contributed by atoms with van der Waals surface area (Å²) in [5.74, 6) is -2.22. The van der Waals surface area contributed by atoms with Gasteiger partial charge in [-0.15, -0.1) is 0 Å². The SMILES string of the molecule is O=C(/C=C/c1c(F)cccc1F)N1CCOC1=O. The number of rotatable bonds is 2. The Morgan fingerprint density at radius 3 is 2.56 bits per heavy atom. The predicted molar refractivity (Wildman–Crippen MR) is 58.5 cm³/mol. The van der Waals surface area contributed by atoms with Crippen LogP contribution in [-0.4, -0.2) is 30.1 Å². The molecule has 4 nitrogen and oxygen atoms in total. The quantitative estimate of drug-likeness (QED) is 0.757. The first-order chi connectivity index (χ1) is 8.59. The molecule has 2 amide bonds. The fourth-order valence-electron chi connectivity index (χ4n) is 1.51. The minimum atomic E-state index is -0.775. The van der Waals surface area contributed by atoms with E-state index < -0.39 is 23.6 Å². The Morgan fingerprint density at radius 2 is 2.00 bits per heavy atom. The second-order valence-corrected chi connectivity index (χ2v) is 3.57. The lowest BCUT2D eigenvalue weighted by atomic mass is 10.2. The largest absolute Gasteiger partial charge is 0.447 e. The van der Waals surface area contributed by atoms with E-state index in [9.17, 15) is 18.4 Å². The first kappa shape index (κ1) is 12.2. The summed E-state index contributed by atoms with van der Waals surface area (Å²) in [4.78, 5) is 23.5. The van der Waals surface area contributed by atoms with Crippen molar-refractivity contribution in [2.45, 2.75) is 0 Å². The van der Waals surface area contributed by atoms with Gasteiger partial charge in [-0.2, -0.15) is 0 Å². The second kappa shape index (κ2) is 4.95. The van der Waals surface area contributed by atoms with Gasteiger partial charge < -0.3 is 4.74 Å². The standard InChI is InChI=1S/C12H9F2NO3/c13-9-2-1-3-10(14)8(9)4-5-11(16)15-6-7-18-12(15)17/h1-5H,6-7H2/b5-4+. The Labute approximate surface area is 101 Å². The molecule has 0 bridgehead atoms. The summed E-state index contributed by atoms with van der Waals surface area (Å²) in [6, 6.07) is 3.39. The molecule has 0 aromatic heterocycles. The molecule has 0 N–H and O–H groups in total. The maximum absolute atomic E-state index is 13.2. The average molecular weight is 253 g/mol. The minimum absolute atomic E-state index is 0.131. The highest BCUT2D eigenvalue weighted by molar-refractivity contribution is 6.01. The van der Waals surface area contributed by atoms with Gasteiger partial charge in [0.15, 0.2) is 0 Å². The van der Waals surface area contributed by atoms with Gasteiger partial charge >= 0.3 is 6.09 Å². The van der Waals surface area contributed by atoms with Gasteiger partial charge in [-0.1, -0.05) is 6.07 Å². The highest BCUT2D eigenvalue weighted by Gasteiger charge is 2.26.